The van der Waals surface area contributed by atoms with Crippen LogP contribution in [-0.4, -0.2) is 45.5 Å². The fraction of sp³-hybridized carbons (Fsp3) is 0.769. The predicted octanol–water partition coefficient (Wildman–Crippen LogP) is 2.29. The van der Waals surface area contributed by atoms with Crippen molar-refractivity contribution in [1.82, 2.24) is 0 Å². The first-order valence-electron chi connectivity index (χ1n) is 6.38. The Balaban J connectivity index is 4.25. The summed E-state index contributed by atoms with van der Waals surface area (Å²) in [6, 6.07) is 0. The second-order valence-corrected chi connectivity index (χ2v) is 7.17. The summed E-state index contributed by atoms with van der Waals surface area (Å²) < 4.78 is 5.00. The highest BCUT2D eigenvalue weighted by Gasteiger charge is 2.25. The Morgan fingerprint density at radius 3 is 2.15 bits per heavy atom. The zero-order valence-electron chi connectivity index (χ0n) is 12.3. The number of carboxylic acids is 1. The molecule has 0 saturated carbocycles. The van der Waals surface area contributed by atoms with Crippen LogP contribution in [-0.2, 0) is 19.1 Å². The van der Waals surface area contributed by atoms with Crippen LogP contribution in [0.25, 0.3) is 0 Å². The van der Waals surface area contributed by atoms with Crippen LogP contribution in [0.5, 0.6) is 0 Å². The second-order valence-electron chi connectivity index (χ2n) is 4.90. The molecule has 1 N–H and O–H groups in total. The number of rotatable bonds is 9. The number of hydrogen-bond acceptors (Lipinski definition) is 6. The molecule has 7 heteroatoms. The van der Waals surface area contributed by atoms with Gasteiger partial charge in [0.25, 0.3) is 0 Å². The number of carbonyl (C=O) groups excluding carboxylic acids is 2. The molecule has 5 nitrogen and oxygen atoms in total. The number of hydrogen-bond donors (Lipinski definition) is 1. The Morgan fingerprint density at radius 2 is 1.70 bits per heavy atom. The molecule has 0 aromatic rings. The molecular weight excluding hydrogens is 300 g/mol. The van der Waals surface area contributed by atoms with Crippen molar-refractivity contribution < 1.29 is 24.2 Å². The number of ether oxygens (including phenoxy) is 1. The minimum atomic E-state index is -1.14. The van der Waals surface area contributed by atoms with E-state index in [1.807, 2.05) is 13.8 Å². The quantitative estimate of drug-likeness (QED) is 0.652. The van der Waals surface area contributed by atoms with Gasteiger partial charge in [-0.05, 0) is 11.7 Å². The lowest BCUT2D eigenvalue weighted by molar-refractivity contribution is -0.164. The van der Waals surface area contributed by atoms with Crippen molar-refractivity contribution in [1.29, 1.82) is 0 Å². The molecule has 0 bridgehead atoms. The maximum absolute atomic E-state index is 11.7. The standard InChI is InChI=1S/C13H22O5S2/c1-8(2)5-19-7-11(12(15)16)18-13(17)9(3)6-20-10(4)14/h8-9,11H,5-7H2,1-4H3,(H,15,16)/t9-,11+/m1/s1. The summed E-state index contributed by atoms with van der Waals surface area (Å²) in [5.74, 6) is -0.392. The Labute approximate surface area is 128 Å². The number of carbonyl (C=O) groups is 3. The smallest absolute Gasteiger partial charge is 0.345 e. The van der Waals surface area contributed by atoms with Crippen LogP contribution in [0.3, 0.4) is 0 Å². The van der Waals surface area contributed by atoms with Crippen molar-refractivity contribution >= 4 is 40.6 Å². The molecule has 0 saturated heterocycles. The summed E-state index contributed by atoms with van der Waals surface area (Å²) in [4.78, 5) is 33.6. The summed E-state index contributed by atoms with van der Waals surface area (Å²) in [5, 5.41) is 8.96. The fourth-order valence-corrected chi connectivity index (χ4v) is 2.79. The molecule has 116 valence electrons. The lowest BCUT2D eigenvalue weighted by atomic mass is 10.2. The van der Waals surface area contributed by atoms with Gasteiger partial charge in [0.05, 0.1) is 5.92 Å². The zero-order chi connectivity index (χ0) is 15.7. The van der Waals surface area contributed by atoms with Crippen LogP contribution in [0.2, 0.25) is 0 Å². The average molecular weight is 322 g/mol. The van der Waals surface area contributed by atoms with Gasteiger partial charge in [-0.1, -0.05) is 32.5 Å². The van der Waals surface area contributed by atoms with E-state index >= 15 is 0 Å². The van der Waals surface area contributed by atoms with Crippen molar-refractivity contribution in [2.24, 2.45) is 11.8 Å². The first-order chi connectivity index (χ1) is 9.23. The Kier molecular flexibility index (Phi) is 9.75. The van der Waals surface area contributed by atoms with Gasteiger partial charge in [-0.15, -0.1) is 0 Å². The molecule has 0 rings (SSSR count). The Hall–Kier alpha value is -0.690. The molecule has 20 heavy (non-hydrogen) atoms. The molecule has 2 atom stereocenters. The lowest BCUT2D eigenvalue weighted by Crippen LogP contribution is -2.32. The largest absolute Gasteiger partial charge is 0.478 e. The third-order valence-electron chi connectivity index (χ3n) is 2.19. The van der Waals surface area contributed by atoms with Crippen molar-refractivity contribution in [3.63, 3.8) is 0 Å². The molecule has 0 aromatic carbocycles. The number of esters is 1. The van der Waals surface area contributed by atoms with E-state index in [9.17, 15) is 14.4 Å². The van der Waals surface area contributed by atoms with Crippen LogP contribution in [0, 0.1) is 11.8 Å². The topological polar surface area (TPSA) is 80.7 Å². The summed E-state index contributed by atoms with van der Waals surface area (Å²) in [6.45, 7) is 7.12. The Morgan fingerprint density at radius 1 is 1.10 bits per heavy atom. The van der Waals surface area contributed by atoms with Crippen LogP contribution in [0.1, 0.15) is 27.7 Å². The van der Waals surface area contributed by atoms with E-state index in [2.05, 4.69) is 0 Å². The Bertz CT molecular complexity index is 344. The van der Waals surface area contributed by atoms with E-state index in [1.54, 1.807) is 6.92 Å². The van der Waals surface area contributed by atoms with Gasteiger partial charge in [0.15, 0.2) is 5.12 Å². The fourth-order valence-electron chi connectivity index (χ4n) is 1.13. The molecule has 0 aliphatic rings. The van der Waals surface area contributed by atoms with Gasteiger partial charge in [0.2, 0.25) is 6.10 Å². The number of aliphatic carboxylic acids is 1. The van der Waals surface area contributed by atoms with Crippen LogP contribution < -0.4 is 0 Å². The second kappa shape index (κ2) is 10.1. The van der Waals surface area contributed by atoms with E-state index in [4.69, 9.17) is 9.84 Å². The normalized spacial score (nSPS) is 13.8. The highest BCUT2D eigenvalue weighted by atomic mass is 32.2. The van der Waals surface area contributed by atoms with Crippen LogP contribution >= 0.6 is 23.5 Å². The van der Waals surface area contributed by atoms with E-state index in [0.29, 0.717) is 11.7 Å². The first-order valence-corrected chi connectivity index (χ1v) is 8.52. The molecule has 0 heterocycles. The molecular formula is C13H22O5S2. The number of carboxylic acid groups (broad SMARTS) is 1. The van der Waals surface area contributed by atoms with Gasteiger partial charge in [-0.2, -0.15) is 11.8 Å². The summed E-state index contributed by atoms with van der Waals surface area (Å²) >= 11 is 2.48. The van der Waals surface area contributed by atoms with Crippen molar-refractivity contribution in [3.8, 4) is 0 Å². The van der Waals surface area contributed by atoms with Crippen LogP contribution in [0.4, 0.5) is 0 Å². The van der Waals surface area contributed by atoms with Crippen molar-refractivity contribution in [3.05, 3.63) is 0 Å². The van der Waals surface area contributed by atoms with Crippen molar-refractivity contribution in [2.75, 3.05) is 17.3 Å². The third kappa shape index (κ3) is 9.25. The molecule has 0 fully saturated rings. The highest BCUT2D eigenvalue weighted by molar-refractivity contribution is 8.13. The van der Waals surface area contributed by atoms with Gasteiger partial charge < -0.3 is 9.84 Å². The molecule has 0 radical (unpaired) electrons. The van der Waals surface area contributed by atoms with Crippen LogP contribution in [0.15, 0.2) is 0 Å². The van der Waals surface area contributed by atoms with E-state index in [0.717, 1.165) is 17.5 Å². The number of thioether (sulfide) groups is 2. The minimum Gasteiger partial charge on any atom is -0.478 e. The van der Waals surface area contributed by atoms with Gasteiger partial charge in [-0.25, -0.2) is 4.79 Å². The van der Waals surface area contributed by atoms with Gasteiger partial charge >= 0.3 is 11.9 Å². The molecule has 0 aromatic heterocycles. The van der Waals surface area contributed by atoms with E-state index in [1.165, 1.54) is 18.7 Å². The third-order valence-corrected chi connectivity index (χ3v) is 4.71. The monoisotopic (exact) mass is 322 g/mol. The summed E-state index contributed by atoms with van der Waals surface area (Å²) in [7, 11) is 0. The SMILES string of the molecule is CC(=O)SC[C@@H](C)C(=O)O[C@@H](CSCC(C)C)C(=O)O. The molecule has 0 spiro atoms. The molecule has 0 aliphatic heterocycles. The van der Waals surface area contributed by atoms with Gasteiger partial charge in [0, 0.05) is 18.4 Å². The predicted molar refractivity (Wildman–Crippen MR) is 82.0 cm³/mol. The molecule has 0 aliphatic carbocycles. The maximum Gasteiger partial charge on any atom is 0.345 e. The summed E-state index contributed by atoms with van der Waals surface area (Å²) in [6.07, 6.45) is -1.13. The maximum atomic E-state index is 11.7. The van der Waals surface area contributed by atoms with Gasteiger partial charge in [0.1, 0.15) is 0 Å². The van der Waals surface area contributed by atoms with E-state index < -0.39 is 24.0 Å². The summed E-state index contributed by atoms with van der Waals surface area (Å²) in [5.41, 5.74) is 0. The zero-order valence-corrected chi connectivity index (χ0v) is 13.9. The minimum absolute atomic E-state index is 0.0769. The first kappa shape index (κ1) is 19.3. The lowest BCUT2D eigenvalue weighted by Gasteiger charge is -2.16. The van der Waals surface area contributed by atoms with E-state index in [-0.39, 0.29) is 10.9 Å². The highest BCUT2D eigenvalue weighted by Crippen LogP contribution is 2.15. The van der Waals surface area contributed by atoms with Crippen molar-refractivity contribution in [2.45, 2.75) is 33.8 Å². The average Bonchev–Trinajstić information content (AvgIpc) is 2.33. The molecule has 0 unspecified atom stereocenters. The molecule has 0 amide bonds. The van der Waals surface area contributed by atoms with Gasteiger partial charge in [-0.3, -0.25) is 9.59 Å².